The largest absolute Gasteiger partial charge is 0.480 e. The Kier molecular flexibility index (Phi) is 21.3. The molecule has 0 saturated carbocycles. The van der Waals surface area contributed by atoms with Crippen LogP contribution in [0.5, 0.6) is 0 Å². The first-order valence-corrected chi connectivity index (χ1v) is 14.5. The Balaban J connectivity index is 3.10. The van der Waals surface area contributed by atoms with Crippen molar-refractivity contribution >= 4 is 25.8 Å². The van der Waals surface area contributed by atoms with Crippen LogP contribution in [0.1, 0.15) is 116 Å². The molecule has 0 fully saturated rings. The third-order valence-corrected chi connectivity index (χ3v) is 6.76. The van der Waals surface area contributed by atoms with Gasteiger partial charge in [-0.05, 0) is 19.8 Å². The lowest BCUT2D eigenvalue weighted by Crippen LogP contribution is -2.05. The SMILES string of the molecule is C=C(C)C(=O)OCCCCCCCCCCCCCCCCCCCSOP(=O)(O)O. The Morgan fingerprint density at radius 2 is 1.10 bits per heavy atom. The minimum absolute atomic E-state index is 0.277. The lowest BCUT2D eigenvalue weighted by atomic mass is 10.0. The summed E-state index contributed by atoms with van der Waals surface area (Å²) in [6.07, 6.45) is 21.1. The van der Waals surface area contributed by atoms with Gasteiger partial charge in [0.05, 0.1) is 6.61 Å². The first-order valence-electron chi connectivity index (χ1n) is 12.0. The highest BCUT2D eigenvalue weighted by molar-refractivity contribution is 7.97. The van der Waals surface area contributed by atoms with Gasteiger partial charge in [0.1, 0.15) is 0 Å². The maximum absolute atomic E-state index is 11.2. The fourth-order valence-corrected chi connectivity index (χ4v) is 4.48. The first kappa shape index (κ1) is 30.7. The van der Waals surface area contributed by atoms with Gasteiger partial charge in [-0.25, -0.2) is 13.3 Å². The van der Waals surface area contributed by atoms with E-state index in [0.29, 0.717) is 17.9 Å². The highest BCUT2D eigenvalue weighted by atomic mass is 32.2. The first-order chi connectivity index (χ1) is 14.8. The van der Waals surface area contributed by atoms with Gasteiger partial charge in [-0.15, -0.1) is 0 Å². The number of unbranched alkanes of at least 4 members (excludes halogenated alkanes) is 16. The lowest BCUT2D eigenvalue weighted by molar-refractivity contribution is -0.139. The number of esters is 1. The summed E-state index contributed by atoms with van der Waals surface area (Å²) in [5, 5.41) is 0. The molecule has 0 saturated heterocycles. The van der Waals surface area contributed by atoms with E-state index >= 15 is 0 Å². The van der Waals surface area contributed by atoms with E-state index in [2.05, 4.69) is 10.5 Å². The minimum atomic E-state index is -4.32. The molecule has 0 aliphatic carbocycles. The van der Waals surface area contributed by atoms with Crippen molar-refractivity contribution in [1.82, 2.24) is 0 Å². The van der Waals surface area contributed by atoms with E-state index in [-0.39, 0.29) is 5.97 Å². The average Bonchev–Trinajstić information content (AvgIpc) is 2.70. The molecule has 0 aliphatic rings. The molecule has 0 aromatic heterocycles. The second-order valence-corrected chi connectivity index (χ2v) is 10.5. The molecule has 2 N–H and O–H groups in total. The van der Waals surface area contributed by atoms with Gasteiger partial charge < -0.3 is 14.5 Å². The summed E-state index contributed by atoms with van der Waals surface area (Å²) in [5.74, 6) is 0.360. The topological polar surface area (TPSA) is 93.1 Å². The molecule has 0 spiro atoms. The molecule has 0 unspecified atom stereocenters. The predicted octanol–water partition coefficient (Wildman–Crippen LogP) is 7.49. The molecule has 0 rings (SSSR count). The van der Waals surface area contributed by atoms with Crippen molar-refractivity contribution in [2.45, 2.75) is 116 Å². The molecule has 0 aromatic carbocycles. The molecule has 8 heteroatoms. The van der Waals surface area contributed by atoms with Crippen LogP contribution in [0.25, 0.3) is 0 Å². The molecule has 0 aromatic rings. The van der Waals surface area contributed by atoms with Crippen molar-refractivity contribution in [3.05, 3.63) is 12.2 Å². The van der Waals surface area contributed by atoms with Crippen LogP contribution in [-0.2, 0) is 18.1 Å². The third kappa shape index (κ3) is 25.8. The van der Waals surface area contributed by atoms with E-state index in [9.17, 15) is 9.36 Å². The van der Waals surface area contributed by atoms with E-state index in [1.54, 1.807) is 6.92 Å². The Morgan fingerprint density at radius 1 is 0.742 bits per heavy atom. The van der Waals surface area contributed by atoms with Crippen LogP contribution in [0.4, 0.5) is 0 Å². The summed E-state index contributed by atoms with van der Waals surface area (Å²) in [6.45, 7) is 5.76. The van der Waals surface area contributed by atoms with E-state index in [1.807, 2.05) is 0 Å². The number of phosphoric acid groups is 1. The smallest absolute Gasteiger partial charge is 0.462 e. The molecule has 0 radical (unpaired) electrons. The van der Waals surface area contributed by atoms with Crippen LogP contribution in [0, 0.1) is 0 Å². The Hall–Kier alpha value is -0.330. The summed E-state index contributed by atoms with van der Waals surface area (Å²) in [6, 6.07) is 0. The lowest BCUT2D eigenvalue weighted by Gasteiger charge is -2.05. The molecule has 6 nitrogen and oxygen atoms in total. The maximum Gasteiger partial charge on any atom is 0.480 e. The normalized spacial score (nSPS) is 11.6. The Morgan fingerprint density at radius 3 is 1.45 bits per heavy atom. The predicted molar refractivity (Wildman–Crippen MR) is 130 cm³/mol. The van der Waals surface area contributed by atoms with Gasteiger partial charge in [-0.2, -0.15) is 0 Å². The zero-order chi connectivity index (χ0) is 23.2. The van der Waals surface area contributed by atoms with Gasteiger partial charge in [0, 0.05) is 23.4 Å². The van der Waals surface area contributed by atoms with Crippen LogP contribution in [-0.4, -0.2) is 28.1 Å². The number of rotatable bonds is 23. The molecule has 0 heterocycles. The third-order valence-electron chi connectivity index (χ3n) is 5.10. The molecule has 31 heavy (non-hydrogen) atoms. The second-order valence-electron chi connectivity index (χ2n) is 8.31. The van der Waals surface area contributed by atoms with Crippen LogP contribution >= 0.6 is 19.9 Å². The van der Waals surface area contributed by atoms with Crippen molar-refractivity contribution in [2.75, 3.05) is 12.4 Å². The van der Waals surface area contributed by atoms with Crippen molar-refractivity contribution < 1.29 is 27.9 Å². The molecule has 184 valence electrons. The van der Waals surface area contributed by atoms with Crippen LogP contribution in [0.2, 0.25) is 0 Å². The Bertz CT molecular complexity index is 494. The molecule has 0 amide bonds. The molecular formula is C23H45O6PS. The van der Waals surface area contributed by atoms with Gasteiger partial charge in [-0.3, -0.25) is 0 Å². The standard InChI is InChI=1S/C23H45O6PS/c1-22(2)23(24)28-20-18-16-14-12-10-8-6-4-3-5-7-9-11-13-15-17-19-21-31-29-30(25,26)27/h1,3-21H2,2H3,(H2,25,26,27). The summed E-state index contributed by atoms with van der Waals surface area (Å²) in [5.41, 5.74) is 0.471. The highest BCUT2D eigenvalue weighted by Gasteiger charge is 2.13. The minimum Gasteiger partial charge on any atom is -0.462 e. The van der Waals surface area contributed by atoms with Crippen molar-refractivity contribution in [2.24, 2.45) is 0 Å². The second kappa shape index (κ2) is 21.5. The number of ether oxygens (including phenoxy) is 1. The van der Waals surface area contributed by atoms with E-state index < -0.39 is 7.82 Å². The molecule has 0 atom stereocenters. The molecular weight excluding hydrogens is 435 g/mol. The van der Waals surface area contributed by atoms with Gasteiger partial charge in [0.2, 0.25) is 0 Å². The zero-order valence-corrected chi connectivity index (χ0v) is 21.2. The van der Waals surface area contributed by atoms with Crippen LogP contribution in [0.15, 0.2) is 12.2 Å². The van der Waals surface area contributed by atoms with E-state index in [4.69, 9.17) is 14.5 Å². The quantitative estimate of drug-likeness (QED) is 0.0514. The summed E-state index contributed by atoms with van der Waals surface area (Å²) in [4.78, 5) is 28.3. The highest BCUT2D eigenvalue weighted by Crippen LogP contribution is 2.41. The van der Waals surface area contributed by atoms with Crippen LogP contribution < -0.4 is 0 Å². The summed E-state index contributed by atoms with van der Waals surface area (Å²) >= 11 is 0.871. The van der Waals surface area contributed by atoms with Crippen LogP contribution in [0.3, 0.4) is 0 Å². The number of hydrogen-bond donors (Lipinski definition) is 2. The van der Waals surface area contributed by atoms with E-state index in [0.717, 1.165) is 37.7 Å². The van der Waals surface area contributed by atoms with Crippen molar-refractivity contribution in [3.63, 3.8) is 0 Å². The Labute approximate surface area is 194 Å². The van der Waals surface area contributed by atoms with Crippen molar-refractivity contribution in [1.29, 1.82) is 0 Å². The van der Waals surface area contributed by atoms with Crippen molar-refractivity contribution in [3.8, 4) is 0 Å². The van der Waals surface area contributed by atoms with E-state index in [1.165, 1.54) is 83.5 Å². The molecule has 0 bridgehead atoms. The number of carbonyl (C=O) groups excluding carboxylic acids is 1. The van der Waals surface area contributed by atoms with Gasteiger partial charge in [0.15, 0.2) is 0 Å². The van der Waals surface area contributed by atoms with Gasteiger partial charge in [0.25, 0.3) is 0 Å². The summed E-state index contributed by atoms with van der Waals surface area (Å²) in [7, 11) is -4.32. The molecule has 0 aliphatic heterocycles. The number of carbonyl (C=O) groups is 1. The zero-order valence-electron chi connectivity index (χ0n) is 19.5. The fraction of sp³-hybridized carbons (Fsp3) is 0.870. The fourth-order valence-electron chi connectivity index (χ4n) is 3.31. The van der Waals surface area contributed by atoms with Gasteiger partial charge in [-0.1, -0.05) is 103 Å². The number of hydrogen-bond acceptors (Lipinski definition) is 5. The summed E-state index contributed by atoms with van der Waals surface area (Å²) < 4.78 is 19.9. The van der Waals surface area contributed by atoms with Gasteiger partial charge >= 0.3 is 13.8 Å². The maximum atomic E-state index is 11.2. The average molecular weight is 481 g/mol. The monoisotopic (exact) mass is 480 g/mol.